The van der Waals surface area contributed by atoms with E-state index in [1.165, 1.54) is 43.8 Å². The number of pyridine rings is 2. The second-order valence-electron chi connectivity index (χ2n) is 6.72. The number of ether oxygens (including phenoxy) is 1. The van der Waals surface area contributed by atoms with E-state index in [0.29, 0.717) is 11.3 Å². The van der Waals surface area contributed by atoms with E-state index in [4.69, 9.17) is 16.3 Å². The molecule has 170 valence electrons. The molecule has 3 heterocycles. The predicted octanol–water partition coefficient (Wildman–Crippen LogP) is 3.02. The van der Waals surface area contributed by atoms with Gasteiger partial charge in [0.2, 0.25) is 11.8 Å². The third-order valence-corrected chi connectivity index (χ3v) is 6.18. The summed E-state index contributed by atoms with van der Waals surface area (Å²) >= 11 is 5.88. The second kappa shape index (κ2) is 8.64. The minimum atomic E-state index is -4.20. The lowest BCUT2D eigenvalue weighted by Gasteiger charge is -2.12. The number of anilines is 2. The number of hydrogen-bond donors (Lipinski definition) is 3. The van der Waals surface area contributed by atoms with Crippen molar-refractivity contribution in [2.45, 2.75) is 4.90 Å². The average Bonchev–Trinajstić information content (AvgIpc) is 2.79. The molecule has 0 spiro atoms. The Morgan fingerprint density at radius 2 is 1.91 bits per heavy atom. The lowest BCUT2D eigenvalue weighted by molar-refractivity contribution is 0.385. The molecule has 1 aromatic carbocycles. The largest absolute Gasteiger partial charge is 0.480 e. The van der Waals surface area contributed by atoms with Crippen molar-refractivity contribution in [2.24, 2.45) is 0 Å². The highest BCUT2D eigenvalue weighted by molar-refractivity contribution is 7.92. The van der Waals surface area contributed by atoms with Crippen molar-refractivity contribution in [3.05, 3.63) is 63.9 Å². The fraction of sp³-hybridized carbons (Fsp3) is 0.100. The summed E-state index contributed by atoms with van der Waals surface area (Å²) in [5, 5.41) is 3.30. The van der Waals surface area contributed by atoms with Gasteiger partial charge in [0.1, 0.15) is 11.5 Å². The van der Waals surface area contributed by atoms with Crippen LogP contribution in [0.5, 0.6) is 5.88 Å². The molecule has 0 bridgehead atoms. The van der Waals surface area contributed by atoms with Crippen LogP contribution in [0.25, 0.3) is 22.2 Å². The van der Waals surface area contributed by atoms with E-state index >= 15 is 0 Å². The van der Waals surface area contributed by atoms with Gasteiger partial charge in [-0.3, -0.25) is 9.52 Å². The topological polar surface area (TPSA) is 139 Å². The summed E-state index contributed by atoms with van der Waals surface area (Å²) in [7, 11) is -1.31. The number of halogens is 2. The SMILES string of the molecule is CNc1ncc2cc(-c3cc(NS(=O)(=O)c4cc(Cl)cnc4OC)ccc3F)c(=O)[nH]c2n1. The van der Waals surface area contributed by atoms with Crippen LogP contribution in [0.1, 0.15) is 0 Å². The first-order chi connectivity index (χ1) is 15.7. The molecule has 4 rings (SSSR count). The number of H-pyrrole nitrogens is 1. The number of nitrogens with zero attached hydrogens (tertiary/aromatic N) is 3. The Bertz CT molecular complexity index is 1540. The van der Waals surface area contributed by atoms with E-state index in [1.807, 2.05) is 0 Å². The van der Waals surface area contributed by atoms with Gasteiger partial charge < -0.3 is 15.0 Å². The van der Waals surface area contributed by atoms with E-state index in [1.54, 1.807) is 7.05 Å². The number of hydrogen-bond acceptors (Lipinski definition) is 8. The third kappa shape index (κ3) is 4.43. The summed E-state index contributed by atoms with van der Waals surface area (Å²) in [4.78, 5) is 27.0. The molecule has 0 atom stereocenters. The van der Waals surface area contributed by atoms with Gasteiger partial charge in [0.15, 0.2) is 4.90 Å². The van der Waals surface area contributed by atoms with E-state index < -0.39 is 21.4 Å². The molecule has 13 heteroatoms. The Morgan fingerprint density at radius 1 is 1.12 bits per heavy atom. The highest BCUT2D eigenvalue weighted by Crippen LogP contribution is 2.29. The van der Waals surface area contributed by atoms with Crippen molar-refractivity contribution in [3.63, 3.8) is 0 Å². The number of sulfonamides is 1. The van der Waals surface area contributed by atoms with Crippen molar-refractivity contribution in [3.8, 4) is 17.0 Å². The lowest BCUT2D eigenvalue weighted by atomic mass is 10.1. The number of benzene rings is 1. The van der Waals surface area contributed by atoms with E-state index in [2.05, 4.69) is 30.0 Å². The molecule has 0 saturated carbocycles. The van der Waals surface area contributed by atoms with Crippen LogP contribution in [0.3, 0.4) is 0 Å². The molecule has 0 aliphatic rings. The van der Waals surface area contributed by atoms with Gasteiger partial charge in [-0.1, -0.05) is 11.6 Å². The minimum Gasteiger partial charge on any atom is -0.480 e. The number of rotatable bonds is 6. The van der Waals surface area contributed by atoms with Crippen LogP contribution in [0.4, 0.5) is 16.0 Å². The summed E-state index contributed by atoms with van der Waals surface area (Å²) in [5.74, 6) is -0.585. The van der Waals surface area contributed by atoms with Crippen molar-refractivity contribution in [2.75, 3.05) is 24.2 Å². The van der Waals surface area contributed by atoms with Crippen LogP contribution in [0.15, 0.2) is 52.4 Å². The average molecular weight is 491 g/mol. The van der Waals surface area contributed by atoms with Crippen LogP contribution >= 0.6 is 11.6 Å². The predicted molar refractivity (Wildman–Crippen MR) is 122 cm³/mol. The standard InChI is InChI=1S/C20H16ClFN6O4S/c1-23-20-25-8-10-5-14(18(29)26-17(10)27-20)13-7-12(3-4-15(13)22)28-33(30,31)16-6-11(21)9-24-19(16)32-2/h3-9,28H,1-2H3,(H2,23,25,26,27,29). The zero-order valence-corrected chi connectivity index (χ0v) is 18.8. The lowest BCUT2D eigenvalue weighted by Crippen LogP contribution is -2.15. The molecular weight excluding hydrogens is 475 g/mol. The van der Waals surface area contributed by atoms with Gasteiger partial charge in [0.25, 0.3) is 15.6 Å². The molecule has 0 saturated heterocycles. The first kappa shape index (κ1) is 22.4. The number of fused-ring (bicyclic) bond motifs is 1. The van der Waals surface area contributed by atoms with Gasteiger partial charge in [-0.2, -0.15) is 4.98 Å². The third-order valence-electron chi connectivity index (χ3n) is 4.59. The van der Waals surface area contributed by atoms with E-state index in [-0.39, 0.29) is 38.3 Å². The van der Waals surface area contributed by atoms with Crippen molar-refractivity contribution in [1.29, 1.82) is 0 Å². The number of aromatic amines is 1. The van der Waals surface area contributed by atoms with Crippen molar-refractivity contribution >= 4 is 44.3 Å². The maximum atomic E-state index is 14.7. The van der Waals surface area contributed by atoms with Crippen molar-refractivity contribution in [1.82, 2.24) is 19.9 Å². The van der Waals surface area contributed by atoms with Gasteiger partial charge in [0.05, 0.1) is 17.7 Å². The van der Waals surface area contributed by atoms with E-state index in [9.17, 15) is 17.6 Å². The molecule has 10 nitrogen and oxygen atoms in total. The molecule has 0 radical (unpaired) electrons. The Hall–Kier alpha value is -3.77. The molecule has 0 fully saturated rings. The smallest absolute Gasteiger partial charge is 0.267 e. The maximum Gasteiger partial charge on any atom is 0.267 e. The summed E-state index contributed by atoms with van der Waals surface area (Å²) < 4.78 is 47.8. The Morgan fingerprint density at radius 3 is 2.64 bits per heavy atom. The maximum absolute atomic E-state index is 14.7. The van der Waals surface area contributed by atoms with Gasteiger partial charge in [0, 0.05) is 36.1 Å². The normalized spacial score (nSPS) is 11.4. The van der Waals surface area contributed by atoms with Crippen LogP contribution in [-0.2, 0) is 10.0 Å². The monoisotopic (exact) mass is 490 g/mol. The van der Waals surface area contributed by atoms with Gasteiger partial charge in [-0.05, 0) is 30.3 Å². The van der Waals surface area contributed by atoms with Crippen LogP contribution < -0.4 is 20.3 Å². The van der Waals surface area contributed by atoms with Gasteiger partial charge >= 0.3 is 0 Å². The molecule has 0 amide bonds. The summed E-state index contributed by atoms with van der Waals surface area (Å²) in [5.41, 5.74) is -0.477. The summed E-state index contributed by atoms with van der Waals surface area (Å²) in [6, 6.07) is 6.07. The van der Waals surface area contributed by atoms with Crippen LogP contribution in [0.2, 0.25) is 5.02 Å². The summed E-state index contributed by atoms with van der Waals surface area (Å²) in [6.07, 6.45) is 2.71. The number of nitrogens with one attached hydrogen (secondary N) is 3. The Labute approximate surface area is 191 Å². The first-order valence-electron chi connectivity index (χ1n) is 9.32. The Kier molecular flexibility index (Phi) is 5.87. The van der Waals surface area contributed by atoms with E-state index in [0.717, 1.165) is 6.07 Å². The zero-order chi connectivity index (χ0) is 23.8. The zero-order valence-electron chi connectivity index (χ0n) is 17.2. The minimum absolute atomic E-state index is 0.00899. The van der Waals surface area contributed by atoms with Gasteiger partial charge in [-0.25, -0.2) is 22.8 Å². The second-order valence-corrected chi connectivity index (χ2v) is 8.81. The Balaban J connectivity index is 1.77. The highest BCUT2D eigenvalue weighted by Gasteiger charge is 2.22. The molecule has 0 aliphatic carbocycles. The molecule has 3 N–H and O–H groups in total. The molecule has 0 aliphatic heterocycles. The highest BCUT2D eigenvalue weighted by atomic mass is 35.5. The molecular formula is C20H16ClFN6O4S. The molecule has 4 aromatic rings. The van der Waals surface area contributed by atoms with Crippen LogP contribution in [-0.4, -0.2) is 42.5 Å². The quantitative estimate of drug-likeness (QED) is 0.375. The molecule has 33 heavy (non-hydrogen) atoms. The molecule has 0 unspecified atom stereocenters. The summed E-state index contributed by atoms with van der Waals surface area (Å²) in [6.45, 7) is 0. The first-order valence-corrected chi connectivity index (χ1v) is 11.2. The number of methoxy groups -OCH3 is 1. The van der Waals surface area contributed by atoms with Gasteiger partial charge in [-0.15, -0.1) is 0 Å². The molecule has 3 aromatic heterocycles. The van der Waals surface area contributed by atoms with Crippen molar-refractivity contribution < 1.29 is 17.5 Å². The number of aromatic nitrogens is 4. The van der Waals surface area contributed by atoms with Crippen LogP contribution in [0, 0.1) is 5.82 Å². The fourth-order valence-electron chi connectivity index (χ4n) is 3.07. The fourth-order valence-corrected chi connectivity index (χ4v) is 4.49.